The number of nitrogens with zero attached hydrogens (tertiary/aromatic N) is 6. The second kappa shape index (κ2) is 21.3. The normalized spacial score (nSPS) is 11.4. The molecule has 1 atom stereocenters. The van der Waals surface area contributed by atoms with Crippen molar-refractivity contribution in [2.45, 2.75) is 27.2 Å². The Hall–Kier alpha value is -7.04. The summed E-state index contributed by atoms with van der Waals surface area (Å²) >= 11 is 26.2. The predicted octanol–water partition coefficient (Wildman–Crippen LogP) is 11.7. The van der Waals surface area contributed by atoms with Gasteiger partial charge >= 0.3 is 0 Å². The summed E-state index contributed by atoms with van der Waals surface area (Å²) in [6.45, 7) is 9.98. The molecular formula is C51H49Cl4N9O6. The summed E-state index contributed by atoms with van der Waals surface area (Å²) < 4.78 is 24.3. The molecule has 0 spiro atoms. The number of nitrogens with two attached hydrogens (primary N) is 1. The maximum Gasteiger partial charge on any atom is 0.259 e. The third-order valence-electron chi connectivity index (χ3n) is 11.7. The number of nitrogen functional groups attached to an aromatic ring is 1. The van der Waals surface area contributed by atoms with E-state index in [4.69, 9.17) is 71.1 Å². The minimum Gasteiger partial charge on any atom is -0.495 e. The zero-order chi connectivity index (χ0) is 50.7. The topological polar surface area (TPSA) is 183 Å². The highest BCUT2D eigenvalue weighted by Crippen LogP contribution is 2.47. The number of benzene rings is 4. The molecule has 0 saturated carbocycles. The molecule has 0 aliphatic carbocycles. The lowest BCUT2D eigenvalue weighted by molar-refractivity contribution is 0.395. The molecule has 19 heteroatoms. The van der Waals surface area contributed by atoms with Gasteiger partial charge in [0.05, 0.1) is 71.0 Å². The van der Waals surface area contributed by atoms with Gasteiger partial charge in [-0.25, -0.2) is 9.97 Å². The zero-order valence-electron chi connectivity index (χ0n) is 39.7. The smallest absolute Gasteiger partial charge is 0.259 e. The Morgan fingerprint density at radius 1 is 0.657 bits per heavy atom. The highest BCUT2D eigenvalue weighted by Gasteiger charge is 2.25. The number of aryl methyl sites for hydroxylation is 4. The molecule has 70 heavy (non-hydrogen) atoms. The Kier molecular flexibility index (Phi) is 15.5. The summed E-state index contributed by atoms with van der Waals surface area (Å²) in [5.41, 5.74) is 12.8. The molecule has 8 aromatic rings. The number of rotatable bonds is 13. The van der Waals surface area contributed by atoms with Gasteiger partial charge in [-0.3, -0.25) is 18.7 Å². The average molecular weight is 1030 g/mol. The van der Waals surface area contributed by atoms with Gasteiger partial charge < -0.3 is 35.3 Å². The third kappa shape index (κ3) is 9.88. The number of ether oxygens (including phenoxy) is 4. The fraction of sp³-hybridized carbons (Fsp3) is 0.216. The Balaban J connectivity index is 0.000000208. The van der Waals surface area contributed by atoms with Crippen molar-refractivity contribution in [3.8, 4) is 45.3 Å². The quantitative estimate of drug-likeness (QED) is 0.0733. The van der Waals surface area contributed by atoms with Crippen LogP contribution in [-0.4, -0.2) is 57.5 Å². The van der Waals surface area contributed by atoms with E-state index in [1.54, 1.807) is 56.8 Å². The molecule has 4 aromatic heterocycles. The molecule has 8 rings (SSSR count). The first-order chi connectivity index (χ1) is 33.5. The van der Waals surface area contributed by atoms with Gasteiger partial charge in [0.25, 0.3) is 11.1 Å². The number of methoxy groups -OCH3 is 4. The van der Waals surface area contributed by atoms with E-state index in [0.29, 0.717) is 85.4 Å². The van der Waals surface area contributed by atoms with Gasteiger partial charge in [0.15, 0.2) is 0 Å². The lowest BCUT2D eigenvalue weighted by atomic mass is 9.97. The molecular weight excluding hydrogens is 976 g/mol. The number of nitrogens with one attached hydrogen (secondary N) is 2. The molecule has 4 heterocycles. The van der Waals surface area contributed by atoms with Crippen LogP contribution in [0.25, 0.3) is 44.3 Å². The summed E-state index contributed by atoms with van der Waals surface area (Å²) in [5, 5.41) is 8.58. The fourth-order valence-electron chi connectivity index (χ4n) is 7.81. The van der Waals surface area contributed by atoms with Crippen LogP contribution < -0.4 is 46.4 Å². The van der Waals surface area contributed by atoms with Gasteiger partial charge in [-0.2, -0.15) is 9.97 Å². The van der Waals surface area contributed by atoms with Crippen LogP contribution in [0.5, 0.6) is 23.0 Å². The number of anilines is 5. The van der Waals surface area contributed by atoms with Crippen LogP contribution in [0.3, 0.4) is 0 Å². The van der Waals surface area contributed by atoms with Crippen LogP contribution in [0.1, 0.15) is 23.6 Å². The molecule has 0 aliphatic rings. The molecule has 15 nitrogen and oxygen atoms in total. The van der Waals surface area contributed by atoms with Crippen LogP contribution in [0, 0.1) is 19.8 Å². The lowest BCUT2D eigenvalue weighted by Gasteiger charge is -2.17. The molecule has 0 radical (unpaired) electrons. The number of para-hydroxylation sites is 2. The van der Waals surface area contributed by atoms with E-state index in [9.17, 15) is 9.59 Å². The highest BCUT2D eigenvalue weighted by atomic mass is 35.5. The Labute approximate surface area is 423 Å². The zero-order valence-corrected chi connectivity index (χ0v) is 42.7. The second-order valence-corrected chi connectivity index (χ2v) is 17.7. The van der Waals surface area contributed by atoms with Crippen LogP contribution in [0.4, 0.5) is 29.0 Å². The van der Waals surface area contributed by atoms with Crippen LogP contribution in [0.15, 0.2) is 95.3 Å². The number of pyridine rings is 2. The summed E-state index contributed by atoms with van der Waals surface area (Å²) in [5.74, 6) is 2.37. The lowest BCUT2D eigenvalue weighted by Crippen LogP contribution is -2.20. The van der Waals surface area contributed by atoms with E-state index >= 15 is 0 Å². The standard InChI is InChI=1S/C28H28Cl2N4O3.C23H21Cl2N5O3/c1-7-15(2)11-17-10-8-9-16(3)25(17)32-28-31-14-18-12-19(27(35)34(4)26(18)33-28)22-23(29)20(36-5)13-21(37-6)24(22)30;1-11-6-5-7-14(26)20(11)28-23-27-10-12-8-13(22(31)30(2)21(12)29-23)17-18(24)15(32-3)9-16(33-4)19(17)25/h7-10,12-15H,1,11H2,2-6H3,(H,31,32,33);5-10H,26H2,1-4H3,(H,27,28,29). The molecule has 0 fully saturated rings. The number of hydrogen-bond donors (Lipinski definition) is 3. The highest BCUT2D eigenvalue weighted by molar-refractivity contribution is 6.42. The largest absolute Gasteiger partial charge is 0.495 e. The van der Waals surface area contributed by atoms with Crippen LogP contribution in [-0.2, 0) is 20.5 Å². The first-order valence-corrected chi connectivity index (χ1v) is 23.0. The maximum absolute atomic E-state index is 13.5. The van der Waals surface area contributed by atoms with Crippen molar-refractivity contribution in [2.24, 2.45) is 20.0 Å². The SMILES string of the molecule is C=CC(C)Cc1cccc(C)c1Nc1ncc2cc(-c3c(Cl)c(OC)cc(OC)c3Cl)c(=O)n(C)c2n1.COc1cc(OC)c(Cl)c(-c2cc3cnc(Nc4c(C)cccc4N)nc3n(C)c2=O)c1Cl. The second-order valence-electron chi connectivity index (χ2n) is 16.2. The first-order valence-electron chi connectivity index (χ1n) is 21.5. The number of allylic oxidation sites excluding steroid dienone is 1. The molecule has 4 aromatic carbocycles. The molecule has 0 aliphatic heterocycles. The maximum atomic E-state index is 13.5. The Morgan fingerprint density at radius 2 is 1.06 bits per heavy atom. The number of aromatic nitrogens is 6. The van der Waals surface area contributed by atoms with Gasteiger partial charge in [-0.05, 0) is 61.1 Å². The number of halogens is 4. The summed E-state index contributed by atoms with van der Waals surface area (Å²) in [4.78, 5) is 44.9. The van der Waals surface area contributed by atoms with E-state index in [-0.39, 0.29) is 42.3 Å². The van der Waals surface area contributed by atoms with E-state index in [1.165, 1.54) is 37.6 Å². The monoisotopic (exact) mass is 1020 g/mol. The van der Waals surface area contributed by atoms with Gasteiger partial charge in [-0.15, -0.1) is 6.58 Å². The van der Waals surface area contributed by atoms with Gasteiger partial charge in [-0.1, -0.05) is 89.7 Å². The molecule has 0 amide bonds. The summed E-state index contributed by atoms with van der Waals surface area (Å²) in [7, 11) is 9.18. The average Bonchev–Trinajstić information content (AvgIpc) is 3.35. The molecule has 0 saturated heterocycles. The number of fused-ring (bicyclic) bond motifs is 2. The van der Waals surface area contributed by atoms with Gasteiger partial charge in [0.2, 0.25) is 11.9 Å². The van der Waals surface area contributed by atoms with Gasteiger partial charge in [0, 0.05) is 66.2 Å². The van der Waals surface area contributed by atoms with Crippen molar-refractivity contribution in [1.82, 2.24) is 29.1 Å². The minimum absolute atomic E-state index is 0.203. The number of hydrogen-bond acceptors (Lipinski definition) is 13. The van der Waals surface area contributed by atoms with Crippen LogP contribution >= 0.6 is 46.4 Å². The van der Waals surface area contributed by atoms with Gasteiger partial charge in [0.1, 0.15) is 34.3 Å². The van der Waals surface area contributed by atoms with Crippen LogP contribution in [0.2, 0.25) is 20.1 Å². The molecule has 362 valence electrons. The summed E-state index contributed by atoms with van der Waals surface area (Å²) in [6, 6.07) is 18.2. The Morgan fingerprint density at radius 3 is 1.46 bits per heavy atom. The predicted molar refractivity (Wildman–Crippen MR) is 283 cm³/mol. The van der Waals surface area contributed by atoms with Crippen molar-refractivity contribution in [1.29, 1.82) is 0 Å². The van der Waals surface area contributed by atoms with E-state index < -0.39 is 0 Å². The fourth-order valence-corrected chi connectivity index (χ4v) is 9.22. The molecule has 1 unspecified atom stereocenters. The summed E-state index contributed by atoms with van der Waals surface area (Å²) in [6.07, 6.45) is 6.04. The molecule has 0 bridgehead atoms. The van der Waals surface area contributed by atoms with E-state index in [0.717, 1.165) is 28.8 Å². The van der Waals surface area contributed by atoms with E-state index in [2.05, 4.69) is 50.1 Å². The molecule has 4 N–H and O–H groups in total. The minimum atomic E-state index is -0.346. The first kappa shape index (κ1) is 50.8. The van der Waals surface area contributed by atoms with Crippen molar-refractivity contribution in [2.75, 3.05) is 44.8 Å². The van der Waals surface area contributed by atoms with Crippen molar-refractivity contribution >= 4 is 97.4 Å². The van der Waals surface area contributed by atoms with E-state index in [1.807, 2.05) is 44.2 Å². The van der Waals surface area contributed by atoms with Crippen molar-refractivity contribution in [3.63, 3.8) is 0 Å². The van der Waals surface area contributed by atoms with Crippen molar-refractivity contribution in [3.05, 3.63) is 143 Å². The Bertz CT molecular complexity index is 3400. The van der Waals surface area contributed by atoms with Crippen molar-refractivity contribution < 1.29 is 18.9 Å². The third-order valence-corrected chi connectivity index (χ3v) is 13.2.